The Bertz CT molecular complexity index is 248. The maximum atomic E-state index is 5.52. The Morgan fingerprint density at radius 1 is 1.64 bits per heavy atom. The monoisotopic (exact) mass is 152 g/mol. The topological polar surface area (TPSA) is 48.1 Å². The van der Waals surface area contributed by atoms with E-state index in [1.54, 1.807) is 19.4 Å². The van der Waals surface area contributed by atoms with Crippen molar-refractivity contribution in [1.82, 2.24) is 4.98 Å². The first kappa shape index (κ1) is 7.85. The normalized spacial score (nSPS) is 9.64. The number of nitrogens with zero attached hydrogens (tertiary/aromatic N) is 1. The molecule has 60 valence electrons. The molecule has 0 aromatic carbocycles. The Labute approximate surface area is 66.2 Å². The van der Waals surface area contributed by atoms with E-state index < -0.39 is 0 Å². The molecule has 0 amide bonds. The van der Waals surface area contributed by atoms with Gasteiger partial charge in [0, 0.05) is 6.07 Å². The van der Waals surface area contributed by atoms with E-state index in [1.807, 2.05) is 6.92 Å². The van der Waals surface area contributed by atoms with Gasteiger partial charge in [-0.05, 0) is 6.42 Å². The van der Waals surface area contributed by atoms with Gasteiger partial charge in [-0.3, -0.25) is 4.98 Å². The third-order valence-electron chi connectivity index (χ3n) is 1.51. The molecule has 0 radical (unpaired) electrons. The number of nitrogen functional groups attached to an aromatic ring is 1. The molecule has 0 saturated carbocycles. The zero-order chi connectivity index (χ0) is 8.27. The van der Waals surface area contributed by atoms with Gasteiger partial charge in [0.25, 0.3) is 0 Å². The van der Waals surface area contributed by atoms with Crippen molar-refractivity contribution in [1.29, 1.82) is 0 Å². The molecule has 1 aromatic rings. The molecule has 11 heavy (non-hydrogen) atoms. The summed E-state index contributed by atoms with van der Waals surface area (Å²) in [4.78, 5) is 4.12. The van der Waals surface area contributed by atoms with Crippen molar-refractivity contribution < 1.29 is 4.74 Å². The minimum absolute atomic E-state index is 0.638. The van der Waals surface area contributed by atoms with Gasteiger partial charge in [0.05, 0.1) is 24.7 Å². The van der Waals surface area contributed by atoms with Crippen molar-refractivity contribution >= 4 is 5.69 Å². The van der Waals surface area contributed by atoms with Crippen LogP contribution in [-0.4, -0.2) is 12.1 Å². The van der Waals surface area contributed by atoms with E-state index in [4.69, 9.17) is 10.5 Å². The SMILES string of the molecule is CCc1ncc(N)cc1OC. The first-order valence-electron chi connectivity index (χ1n) is 3.56. The fourth-order valence-corrected chi connectivity index (χ4v) is 0.930. The van der Waals surface area contributed by atoms with Gasteiger partial charge in [-0.15, -0.1) is 0 Å². The molecule has 3 nitrogen and oxygen atoms in total. The van der Waals surface area contributed by atoms with Crippen LogP contribution in [-0.2, 0) is 6.42 Å². The summed E-state index contributed by atoms with van der Waals surface area (Å²) in [7, 11) is 1.62. The molecule has 0 aliphatic rings. The van der Waals surface area contributed by atoms with Crippen molar-refractivity contribution in [3.8, 4) is 5.75 Å². The van der Waals surface area contributed by atoms with Crippen molar-refractivity contribution in [3.63, 3.8) is 0 Å². The zero-order valence-corrected chi connectivity index (χ0v) is 6.79. The second-order valence-corrected chi connectivity index (χ2v) is 2.27. The molecule has 3 heteroatoms. The number of pyridine rings is 1. The maximum absolute atomic E-state index is 5.52. The van der Waals surface area contributed by atoms with E-state index in [0.29, 0.717) is 5.69 Å². The minimum Gasteiger partial charge on any atom is -0.495 e. The highest BCUT2D eigenvalue weighted by Gasteiger charge is 2.00. The van der Waals surface area contributed by atoms with Crippen molar-refractivity contribution in [2.75, 3.05) is 12.8 Å². The fourth-order valence-electron chi connectivity index (χ4n) is 0.930. The van der Waals surface area contributed by atoms with Crippen LogP contribution in [0.25, 0.3) is 0 Å². The lowest BCUT2D eigenvalue weighted by atomic mass is 10.2. The van der Waals surface area contributed by atoms with Gasteiger partial charge in [0.15, 0.2) is 0 Å². The molecule has 0 unspecified atom stereocenters. The number of hydrogen-bond acceptors (Lipinski definition) is 3. The standard InChI is InChI=1S/C8H12N2O/c1-3-7-8(11-2)4-6(9)5-10-7/h4-5H,3,9H2,1-2H3. The number of aromatic nitrogens is 1. The van der Waals surface area contributed by atoms with Gasteiger partial charge in [-0.1, -0.05) is 6.92 Å². The summed E-state index contributed by atoms with van der Waals surface area (Å²) in [5.41, 5.74) is 7.10. The smallest absolute Gasteiger partial charge is 0.142 e. The lowest BCUT2D eigenvalue weighted by Crippen LogP contribution is -1.96. The Kier molecular flexibility index (Phi) is 2.31. The van der Waals surface area contributed by atoms with Gasteiger partial charge in [0.1, 0.15) is 5.75 Å². The maximum Gasteiger partial charge on any atom is 0.142 e. The number of anilines is 1. The summed E-state index contributed by atoms with van der Waals surface area (Å²) in [5.74, 6) is 0.771. The summed E-state index contributed by atoms with van der Waals surface area (Å²) < 4.78 is 5.07. The largest absolute Gasteiger partial charge is 0.495 e. The number of methoxy groups -OCH3 is 1. The predicted molar refractivity (Wildman–Crippen MR) is 44.6 cm³/mol. The summed E-state index contributed by atoms with van der Waals surface area (Å²) in [6.45, 7) is 2.03. The van der Waals surface area contributed by atoms with Crippen LogP contribution in [0.3, 0.4) is 0 Å². The Morgan fingerprint density at radius 2 is 2.36 bits per heavy atom. The van der Waals surface area contributed by atoms with Crippen LogP contribution >= 0.6 is 0 Å². The first-order chi connectivity index (χ1) is 5.27. The van der Waals surface area contributed by atoms with Gasteiger partial charge < -0.3 is 10.5 Å². The Hall–Kier alpha value is -1.25. The number of ether oxygens (including phenoxy) is 1. The van der Waals surface area contributed by atoms with E-state index in [2.05, 4.69) is 4.98 Å². The van der Waals surface area contributed by atoms with Crippen molar-refractivity contribution in [3.05, 3.63) is 18.0 Å². The van der Waals surface area contributed by atoms with Crippen LogP contribution in [0.15, 0.2) is 12.3 Å². The fraction of sp³-hybridized carbons (Fsp3) is 0.375. The average Bonchev–Trinajstić information content (AvgIpc) is 2.04. The molecule has 0 atom stereocenters. The summed E-state index contributed by atoms with van der Waals surface area (Å²) >= 11 is 0. The lowest BCUT2D eigenvalue weighted by Gasteiger charge is -2.05. The molecule has 0 saturated heterocycles. The van der Waals surface area contributed by atoms with Gasteiger partial charge >= 0.3 is 0 Å². The molecule has 2 N–H and O–H groups in total. The van der Waals surface area contributed by atoms with Gasteiger partial charge in [-0.25, -0.2) is 0 Å². The lowest BCUT2D eigenvalue weighted by molar-refractivity contribution is 0.407. The molecule has 0 aliphatic carbocycles. The van der Waals surface area contributed by atoms with Crippen molar-refractivity contribution in [2.24, 2.45) is 0 Å². The number of hydrogen-bond donors (Lipinski definition) is 1. The third kappa shape index (κ3) is 1.61. The number of nitrogens with two attached hydrogens (primary N) is 1. The van der Waals surface area contributed by atoms with Crippen LogP contribution < -0.4 is 10.5 Å². The zero-order valence-electron chi connectivity index (χ0n) is 6.79. The second kappa shape index (κ2) is 3.23. The Balaban J connectivity index is 3.06. The van der Waals surface area contributed by atoms with E-state index in [9.17, 15) is 0 Å². The van der Waals surface area contributed by atoms with Gasteiger partial charge in [0.2, 0.25) is 0 Å². The highest BCUT2D eigenvalue weighted by atomic mass is 16.5. The molecule has 1 heterocycles. The molecule has 0 fully saturated rings. The summed E-state index contributed by atoms with van der Waals surface area (Å²) in [5, 5.41) is 0. The van der Waals surface area contributed by atoms with Crippen LogP contribution in [0.5, 0.6) is 5.75 Å². The highest BCUT2D eigenvalue weighted by Crippen LogP contribution is 2.18. The Morgan fingerprint density at radius 3 is 2.91 bits per heavy atom. The number of aryl methyl sites for hydroxylation is 1. The molecule has 0 aliphatic heterocycles. The minimum atomic E-state index is 0.638. The van der Waals surface area contributed by atoms with E-state index in [0.717, 1.165) is 17.9 Å². The first-order valence-corrected chi connectivity index (χ1v) is 3.56. The van der Waals surface area contributed by atoms with Gasteiger partial charge in [-0.2, -0.15) is 0 Å². The molecule has 1 rings (SSSR count). The van der Waals surface area contributed by atoms with Crippen LogP contribution in [0.1, 0.15) is 12.6 Å². The van der Waals surface area contributed by atoms with Crippen LogP contribution in [0.4, 0.5) is 5.69 Å². The summed E-state index contributed by atoms with van der Waals surface area (Å²) in [6.07, 6.45) is 2.50. The molecular weight excluding hydrogens is 140 g/mol. The quantitative estimate of drug-likeness (QED) is 0.693. The molecule has 0 bridgehead atoms. The molecule has 1 aromatic heterocycles. The van der Waals surface area contributed by atoms with Crippen molar-refractivity contribution in [2.45, 2.75) is 13.3 Å². The van der Waals surface area contributed by atoms with Crippen LogP contribution in [0, 0.1) is 0 Å². The second-order valence-electron chi connectivity index (χ2n) is 2.27. The van der Waals surface area contributed by atoms with Crippen LogP contribution in [0.2, 0.25) is 0 Å². The summed E-state index contributed by atoms with van der Waals surface area (Å²) in [6, 6.07) is 1.78. The average molecular weight is 152 g/mol. The molecular formula is C8H12N2O. The van der Waals surface area contributed by atoms with E-state index in [-0.39, 0.29) is 0 Å². The van der Waals surface area contributed by atoms with E-state index >= 15 is 0 Å². The predicted octanol–water partition coefficient (Wildman–Crippen LogP) is 1.23. The molecule has 0 spiro atoms. The highest BCUT2D eigenvalue weighted by molar-refractivity contribution is 5.43. The third-order valence-corrected chi connectivity index (χ3v) is 1.51. The number of rotatable bonds is 2. The van der Waals surface area contributed by atoms with E-state index in [1.165, 1.54) is 0 Å².